The number of allylic oxidation sites excluding steroid dienone is 9. The van der Waals surface area contributed by atoms with Gasteiger partial charge in [0, 0.05) is 5.41 Å². The molecule has 0 radical (unpaired) electrons. The van der Waals surface area contributed by atoms with Gasteiger partial charge in [0.25, 0.3) is 0 Å². The van der Waals surface area contributed by atoms with Gasteiger partial charge < -0.3 is 4.74 Å². The highest BCUT2D eigenvalue weighted by molar-refractivity contribution is 6.05. The standard InChI is InChI=1S/C24H27NO/c1-6-9-21-17(2)24(3,4)23-16-19(13-15-22(21)23)25-18-10-7-8-11-20(26-5)14-12-18/h6-7,9-16H,8H2,1-5H3/b9-6?,10-7-,14-12?,20-11?,25-18?. The molecule has 2 nitrogen and oxygen atoms in total. The van der Waals surface area contributed by atoms with Gasteiger partial charge >= 0.3 is 0 Å². The molecular weight excluding hydrogens is 318 g/mol. The van der Waals surface area contributed by atoms with Crippen LogP contribution >= 0.6 is 0 Å². The topological polar surface area (TPSA) is 21.6 Å². The van der Waals surface area contributed by atoms with Gasteiger partial charge in [-0.25, -0.2) is 4.99 Å². The Kier molecular flexibility index (Phi) is 5.13. The molecule has 2 aliphatic rings. The lowest BCUT2D eigenvalue weighted by Gasteiger charge is -2.22. The molecule has 0 atom stereocenters. The van der Waals surface area contributed by atoms with E-state index in [4.69, 9.17) is 9.73 Å². The molecule has 0 heterocycles. The van der Waals surface area contributed by atoms with Crippen LogP contribution in [0.2, 0.25) is 0 Å². The molecule has 0 amide bonds. The Labute approximate surface area is 157 Å². The summed E-state index contributed by atoms with van der Waals surface area (Å²) in [6.45, 7) is 8.89. The Morgan fingerprint density at radius 1 is 1.15 bits per heavy atom. The van der Waals surface area contributed by atoms with E-state index in [-0.39, 0.29) is 5.41 Å². The first-order valence-corrected chi connectivity index (χ1v) is 9.13. The predicted molar refractivity (Wildman–Crippen MR) is 112 cm³/mol. The van der Waals surface area contributed by atoms with E-state index in [1.807, 2.05) is 12.2 Å². The highest BCUT2D eigenvalue weighted by Crippen LogP contribution is 2.47. The van der Waals surface area contributed by atoms with Crippen molar-refractivity contribution >= 4 is 17.0 Å². The molecule has 26 heavy (non-hydrogen) atoms. The average molecular weight is 345 g/mol. The zero-order valence-electron chi connectivity index (χ0n) is 16.3. The van der Waals surface area contributed by atoms with Crippen LogP contribution in [0.15, 0.2) is 77.1 Å². The van der Waals surface area contributed by atoms with Crippen molar-refractivity contribution in [2.24, 2.45) is 4.99 Å². The number of rotatable bonds is 3. The molecule has 0 saturated carbocycles. The third kappa shape index (κ3) is 3.37. The fourth-order valence-electron chi connectivity index (χ4n) is 3.51. The minimum Gasteiger partial charge on any atom is -0.497 e. The summed E-state index contributed by atoms with van der Waals surface area (Å²) < 4.78 is 5.33. The highest BCUT2D eigenvalue weighted by Gasteiger charge is 2.34. The van der Waals surface area contributed by atoms with E-state index in [0.29, 0.717) is 0 Å². The van der Waals surface area contributed by atoms with Gasteiger partial charge in [-0.3, -0.25) is 0 Å². The number of hydrogen-bond acceptors (Lipinski definition) is 2. The van der Waals surface area contributed by atoms with Crippen molar-refractivity contribution in [3.05, 3.63) is 83.2 Å². The van der Waals surface area contributed by atoms with E-state index < -0.39 is 0 Å². The summed E-state index contributed by atoms with van der Waals surface area (Å²) in [5, 5.41) is 0. The second kappa shape index (κ2) is 7.33. The molecule has 134 valence electrons. The number of fused-ring (bicyclic) bond motifs is 1. The molecule has 0 saturated heterocycles. The molecule has 0 aliphatic heterocycles. The SMILES string of the molecule is CC=CC1=C(C)C(C)(C)c2cc(N=C3C=CC(OC)=CC/C=C\3)ccc21. The summed E-state index contributed by atoms with van der Waals surface area (Å²) in [5.74, 6) is 0.868. The fraction of sp³-hybridized carbons (Fsp3) is 0.292. The largest absolute Gasteiger partial charge is 0.497 e. The summed E-state index contributed by atoms with van der Waals surface area (Å²) in [7, 11) is 1.69. The van der Waals surface area contributed by atoms with Crippen LogP contribution in [-0.4, -0.2) is 12.8 Å². The Morgan fingerprint density at radius 2 is 1.96 bits per heavy atom. The van der Waals surface area contributed by atoms with Crippen molar-refractivity contribution in [1.82, 2.24) is 0 Å². The lowest BCUT2D eigenvalue weighted by atomic mass is 9.82. The van der Waals surface area contributed by atoms with Crippen LogP contribution in [0.4, 0.5) is 5.69 Å². The van der Waals surface area contributed by atoms with E-state index in [9.17, 15) is 0 Å². The molecule has 0 N–H and O–H groups in total. The van der Waals surface area contributed by atoms with E-state index in [1.165, 1.54) is 22.3 Å². The third-order valence-corrected chi connectivity index (χ3v) is 5.30. The predicted octanol–water partition coefficient (Wildman–Crippen LogP) is 6.45. The van der Waals surface area contributed by atoms with E-state index >= 15 is 0 Å². The molecular formula is C24H27NO. The molecule has 1 aromatic rings. The summed E-state index contributed by atoms with van der Waals surface area (Å²) in [6, 6.07) is 6.55. The fourth-order valence-corrected chi connectivity index (χ4v) is 3.51. The third-order valence-electron chi connectivity index (χ3n) is 5.30. The van der Waals surface area contributed by atoms with E-state index in [2.05, 4.69) is 76.3 Å². The Morgan fingerprint density at radius 3 is 2.69 bits per heavy atom. The van der Waals surface area contributed by atoms with Gasteiger partial charge in [0.05, 0.1) is 18.5 Å². The van der Waals surface area contributed by atoms with E-state index in [1.54, 1.807) is 7.11 Å². The molecule has 0 bridgehead atoms. The maximum absolute atomic E-state index is 5.33. The molecule has 1 aromatic carbocycles. The molecule has 0 spiro atoms. The van der Waals surface area contributed by atoms with Crippen LogP contribution in [0.1, 0.15) is 45.2 Å². The lowest BCUT2D eigenvalue weighted by Crippen LogP contribution is -2.15. The highest BCUT2D eigenvalue weighted by atomic mass is 16.5. The number of benzene rings is 1. The van der Waals surface area contributed by atoms with Gasteiger partial charge in [-0.2, -0.15) is 0 Å². The smallest absolute Gasteiger partial charge is 0.115 e. The summed E-state index contributed by atoms with van der Waals surface area (Å²) in [6.07, 6.45) is 15.4. The van der Waals surface area contributed by atoms with Gasteiger partial charge in [0.1, 0.15) is 5.76 Å². The van der Waals surface area contributed by atoms with Gasteiger partial charge in [-0.15, -0.1) is 0 Å². The first kappa shape index (κ1) is 18.2. The number of aliphatic imine (C=N–C) groups is 1. The van der Waals surface area contributed by atoms with Crippen molar-refractivity contribution in [1.29, 1.82) is 0 Å². The first-order valence-electron chi connectivity index (χ1n) is 9.13. The van der Waals surface area contributed by atoms with Crippen LogP contribution < -0.4 is 0 Å². The van der Waals surface area contributed by atoms with Gasteiger partial charge in [-0.1, -0.05) is 43.7 Å². The summed E-state index contributed by atoms with van der Waals surface area (Å²) in [4.78, 5) is 4.85. The first-order chi connectivity index (χ1) is 12.5. The van der Waals surface area contributed by atoms with E-state index in [0.717, 1.165) is 23.6 Å². The van der Waals surface area contributed by atoms with Crippen molar-refractivity contribution in [2.45, 2.75) is 39.5 Å². The van der Waals surface area contributed by atoms with Gasteiger partial charge in [0.2, 0.25) is 0 Å². The maximum Gasteiger partial charge on any atom is 0.115 e. The Bertz CT molecular complexity index is 889. The van der Waals surface area contributed by atoms with Crippen LogP contribution in [-0.2, 0) is 10.2 Å². The zero-order chi connectivity index (χ0) is 18.7. The molecule has 0 fully saturated rings. The quantitative estimate of drug-likeness (QED) is 0.617. The minimum atomic E-state index is 0.0267. The Hall–Kier alpha value is -2.61. The zero-order valence-corrected chi connectivity index (χ0v) is 16.3. The summed E-state index contributed by atoms with van der Waals surface area (Å²) >= 11 is 0. The number of nitrogens with zero attached hydrogens (tertiary/aromatic N) is 1. The number of ether oxygens (including phenoxy) is 1. The second-order valence-corrected chi connectivity index (χ2v) is 7.21. The van der Waals surface area contributed by atoms with Crippen LogP contribution in [0.25, 0.3) is 5.57 Å². The summed E-state index contributed by atoms with van der Waals surface area (Å²) in [5.41, 5.74) is 7.37. The van der Waals surface area contributed by atoms with Crippen LogP contribution in [0, 0.1) is 0 Å². The van der Waals surface area contributed by atoms with Crippen molar-refractivity contribution < 1.29 is 4.74 Å². The van der Waals surface area contributed by atoms with Crippen molar-refractivity contribution in [3.8, 4) is 0 Å². The van der Waals surface area contributed by atoms with Crippen molar-refractivity contribution in [2.75, 3.05) is 7.11 Å². The van der Waals surface area contributed by atoms with Crippen molar-refractivity contribution in [3.63, 3.8) is 0 Å². The number of methoxy groups -OCH3 is 1. The number of hydrogen-bond donors (Lipinski definition) is 0. The maximum atomic E-state index is 5.33. The second-order valence-electron chi connectivity index (χ2n) is 7.21. The van der Waals surface area contributed by atoms with Crippen LogP contribution in [0.5, 0.6) is 0 Å². The molecule has 2 heteroatoms. The molecule has 2 aliphatic carbocycles. The Balaban J connectivity index is 2.00. The van der Waals surface area contributed by atoms with Crippen LogP contribution in [0.3, 0.4) is 0 Å². The molecule has 0 unspecified atom stereocenters. The van der Waals surface area contributed by atoms with Gasteiger partial charge in [0.15, 0.2) is 0 Å². The molecule has 3 rings (SSSR count). The monoisotopic (exact) mass is 345 g/mol. The lowest BCUT2D eigenvalue weighted by molar-refractivity contribution is 0.305. The minimum absolute atomic E-state index is 0.0267. The molecule has 0 aromatic heterocycles. The van der Waals surface area contributed by atoms with Gasteiger partial charge in [-0.05, 0) is 73.4 Å². The average Bonchev–Trinajstić information content (AvgIpc) is 2.79. The normalized spacial score (nSPS) is 21.6.